The van der Waals surface area contributed by atoms with Crippen molar-refractivity contribution in [2.24, 2.45) is 0 Å². The molecule has 0 saturated carbocycles. The average Bonchev–Trinajstić information content (AvgIpc) is 2.83. The SMILES string of the molecule is C/C(=C1/SC(=O)N(c2ccc(O)cc2)C1=O)c1ccc(O)cc1. The van der Waals surface area contributed by atoms with Crippen LogP contribution in [-0.2, 0) is 4.79 Å². The molecule has 0 bridgehead atoms. The second-order valence-electron chi connectivity index (χ2n) is 5.03. The minimum absolute atomic E-state index is 0.0662. The Morgan fingerprint density at radius 2 is 1.43 bits per heavy atom. The van der Waals surface area contributed by atoms with Crippen LogP contribution in [0.15, 0.2) is 53.4 Å². The van der Waals surface area contributed by atoms with Crippen LogP contribution in [0, 0.1) is 0 Å². The molecule has 5 nitrogen and oxygen atoms in total. The summed E-state index contributed by atoms with van der Waals surface area (Å²) < 4.78 is 0. The Morgan fingerprint density at radius 1 is 0.913 bits per heavy atom. The van der Waals surface area contributed by atoms with Gasteiger partial charge in [0.1, 0.15) is 11.5 Å². The third-order valence-corrected chi connectivity index (χ3v) is 4.56. The lowest BCUT2D eigenvalue weighted by atomic mass is 10.1. The fourth-order valence-corrected chi connectivity index (χ4v) is 3.17. The van der Waals surface area contributed by atoms with Crippen LogP contribution in [0.3, 0.4) is 0 Å². The molecular weight excluding hydrogens is 314 g/mol. The second kappa shape index (κ2) is 5.81. The van der Waals surface area contributed by atoms with Crippen molar-refractivity contribution in [2.75, 3.05) is 4.90 Å². The maximum Gasteiger partial charge on any atom is 0.298 e. The summed E-state index contributed by atoms with van der Waals surface area (Å²) in [4.78, 5) is 26.2. The third kappa shape index (κ3) is 2.80. The zero-order chi connectivity index (χ0) is 16.6. The number of imide groups is 1. The summed E-state index contributed by atoms with van der Waals surface area (Å²) in [7, 11) is 0. The van der Waals surface area contributed by atoms with E-state index in [-0.39, 0.29) is 16.7 Å². The monoisotopic (exact) mass is 327 g/mol. The molecule has 0 aromatic heterocycles. The van der Waals surface area contributed by atoms with Gasteiger partial charge >= 0.3 is 0 Å². The Hall–Kier alpha value is -2.73. The van der Waals surface area contributed by atoms with Gasteiger partial charge < -0.3 is 10.2 Å². The molecule has 0 atom stereocenters. The lowest BCUT2D eigenvalue weighted by molar-refractivity contribution is -0.113. The molecule has 2 N–H and O–H groups in total. The fraction of sp³-hybridized carbons (Fsp3) is 0.0588. The van der Waals surface area contributed by atoms with E-state index in [2.05, 4.69) is 0 Å². The van der Waals surface area contributed by atoms with Crippen LogP contribution in [0.5, 0.6) is 11.5 Å². The zero-order valence-electron chi connectivity index (χ0n) is 12.2. The smallest absolute Gasteiger partial charge is 0.298 e. The summed E-state index contributed by atoms with van der Waals surface area (Å²) in [6, 6.07) is 12.3. The summed E-state index contributed by atoms with van der Waals surface area (Å²) in [5, 5.41) is 18.3. The number of phenolic OH excluding ortho intramolecular Hbond substituents is 2. The summed E-state index contributed by atoms with van der Waals surface area (Å²) in [6.07, 6.45) is 0. The summed E-state index contributed by atoms with van der Waals surface area (Å²) in [5.41, 5.74) is 1.85. The Labute approximate surface area is 136 Å². The molecule has 1 fully saturated rings. The first-order chi connectivity index (χ1) is 11.0. The van der Waals surface area contributed by atoms with Gasteiger partial charge in [0.25, 0.3) is 11.1 Å². The van der Waals surface area contributed by atoms with Crippen LogP contribution in [0.4, 0.5) is 10.5 Å². The van der Waals surface area contributed by atoms with Crippen molar-refractivity contribution in [3.05, 3.63) is 59.0 Å². The number of carbonyl (C=O) groups excluding carboxylic acids is 2. The molecule has 2 aromatic rings. The van der Waals surface area contributed by atoms with Crippen molar-refractivity contribution in [2.45, 2.75) is 6.92 Å². The van der Waals surface area contributed by atoms with Crippen LogP contribution in [0.1, 0.15) is 12.5 Å². The predicted molar refractivity (Wildman–Crippen MR) is 89.3 cm³/mol. The summed E-state index contributed by atoms with van der Waals surface area (Å²) in [5.74, 6) is -0.188. The molecule has 3 rings (SSSR count). The number of aromatic hydroxyl groups is 2. The first kappa shape index (κ1) is 15.2. The van der Waals surface area contributed by atoms with Gasteiger partial charge in [-0.25, -0.2) is 4.90 Å². The number of anilines is 1. The Bertz CT molecular complexity index is 809. The first-order valence-corrected chi connectivity index (χ1v) is 7.64. The largest absolute Gasteiger partial charge is 0.508 e. The Balaban J connectivity index is 1.98. The normalized spacial score (nSPS) is 16.8. The van der Waals surface area contributed by atoms with Gasteiger partial charge in [0.2, 0.25) is 0 Å². The highest BCUT2D eigenvalue weighted by molar-refractivity contribution is 8.19. The predicted octanol–water partition coefficient (Wildman–Crippen LogP) is 3.73. The quantitative estimate of drug-likeness (QED) is 0.822. The van der Waals surface area contributed by atoms with E-state index in [1.807, 2.05) is 0 Å². The first-order valence-electron chi connectivity index (χ1n) is 6.83. The molecule has 0 aliphatic carbocycles. The lowest BCUT2D eigenvalue weighted by Crippen LogP contribution is -2.27. The standard InChI is InChI=1S/C17H13NO4S/c1-10(11-2-6-13(19)7-3-11)15-16(21)18(17(22)23-15)12-4-8-14(20)9-5-12/h2-9,19-20H,1H3/b15-10-. The zero-order valence-corrected chi connectivity index (χ0v) is 13.0. The van der Waals surface area contributed by atoms with Crippen LogP contribution in [-0.4, -0.2) is 21.4 Å². The fourth-order valence-electron chi connectivity index (χ4n) is 2.26. The van der Waals surface area contributed by atoms with E-state index in [0.717, 1.165) is 22.2 Å². The number of phenols is 2. The van der Waals surface area contributed by atoms with Gasteiger partial charge in [-0.1, -0.05) is 12.1 Å². The molecule has 0 spiro atoms. The number of hydrogen-bond donors (Lipinski definition) is 2. The molecule has 2 amide bonds. The van der Waals surface area contributed by atoms with Crippen molar-refractivity contribution < 1.29 is 19.8 Å². The van der Waals surface area contributed by atoms with E-state index in [4.69, 9.17) is 0 Å². The molecule has 116 valence electrons. The topological polar surface area (TPSA) is 77.8 Å². The van der Waals surface area contributed by atoms with E-state index < -0.39 is 5.91 Å². The van der Waals surface area contributed by atoms with Crippen LogP contribution in [0.25, 0.3) is 5.57 Å². The highest BCUT2D eigenvalue weighted by Gasteiger charge is 2.37. The highest BCUT2D eigenvalue weighted by Crippen LogP contribution is 2.39. The van der Waals surface area contributed by atoms with Crippen molar-refractivity contribution in [3.8, 4) is 11.5 Å². The highest BCUT2D eigenvalue weighted by atomic mass is 32.2. The second-order valence-corrected chi connectivity index (χ2v) is 5.99. The number of carbonyl (C=O) groups is 2. The molecule has 0 unspecified atom stereocenters. The number of amides is 2. The molecule has 1 heterocycles. The number of rotatable bonds is 2. The van der Waals surface area contributed by atoms with Gasteiger partial charge in [-0.2, -0.15) is 0 Å². The summed E-state index contributed by atoms with van der Waals surface area (Å²) >= 11 is 0.880. The molecule has 1 saturated heterocycles. The van der Waals surface area contributed by atoms with Gasteiger partial charge in [-0.05, 0) is 66.2 Å². The molecular formula is C17H13NO4S. The molecule has 1 aliphatic heterocycles. The molecule has 23 heavy (non-hydrogen) atoms. The third-order valence-electron chi connectivity index (χ3n) is 3.52. The average molecular weight is 327 g/mol. The van der Waals surface area contributed by atoms with Gasteiger partial charge in [0.15, 0.2) is 0 Å². The Morgan fingerprint density at radius 3 is 2.00 bits per heavy atom. The number of nitrogens with zero attached hydrogens (tertiary/aromatic N) is 1. The maximum absolute atomic E-state index is 12.6. The number of benzene rings is 2. The van der Waals surface area contributed by atoms with E-state index in [1.165, 1.54) is 36.4 Å². The van der Waals surface area contributed by atoms with E-state index in [0.29, 0.717) is 16.2 Å². The van der Waals surface area contributed by atoms with Gasteiger partial charge in [-0.3, -0.25) is 9.59 Å². The Kier molecular flexibility index (Phi) is 3.83. The van der Waals surface area contributed by atoms with E-state index >= 15 is 0 Å². The van der Waals surface area contributed by atoms with Crippen LogP contribution < -0.4 is 4.90 Å². The van der Waals surface area contributed by atoms with Crippen LogP contribution in [0.2, 0.25) is 0 Å². The van der Waals surface area contributed by atoms with Crippen molar-refractivity contribution in [1.29, 1.82) is 0 Å². The molecule has 6 heteroatoms. The lowest BCUT2D eigenvalue weighted by Gasteiger charge is -2.12. The van der Waals surface area contributed by atoms with Crippen molar-refractivity contribution in [3.63, 3.8) is 0 Å². The van der Waals surface area contributed by atoms with Crippen LogP contribution >= 0.6 is 11.8 Å². The number of allylic oxidation sites excluding steroid dienone is 1. The minimum Gasteiger partial charge on any atom is -0.508 e. The van der Waals surface area contributed by atoms with Gasteiger partial charge in [0, 0.05) is 0 Å². The maximum atomic E-state index is 12.6. The molecule has 2 aromatic carbocycles. The minimum atomic E-state index is -0.392. The van der Waals surface area contributed by atoms with Gasteiger partial charge in [0.05, 0.1) is 10.6 Å². The molecule has 0 radical (unpaired) electrons. The number of hydrogen-bond acceptors (Lipinski definition) is 5. The van der Waals surface area contributed by atoms with Crippen molar-refractivity contribution >= 4 is 34.2 Å². The molecule has 1 aliphatic rings. The van der Waals surface area contributed by atoms with E-state index in [1.54, 1.807) is 19.1 Å². The summed E-state index contributed by atoms with van der Waals surface area (Å²) in [6.45, 7) is 1.76. The van der Waals surface area contributed by atoms with Gasteiger partial charge in [-0.15, -0.1) is 0 Å². The van der Waals surface area contributed by atoms with Crippen molar-refractivity contribution in [1.82, 2.24) is 0 Å². The number of thioether (sulfide) groups is 1. The van der Waals surface area contributed by atoms with E-state index in [9.17, 15) is 19.8 Å².